The summed E-state index contributed by atoms with van der Waals surface area (Å²) in [6.07, 6.45) is 2.26. The third-order valence-corrected chi connectivity index (χ3v) is 5.76. The van der Waals surface area contributed by atoms with Gasteiger partial charge in [0.1, 0.15) is 5.75 Å². The molecule has 2 aliphatic heterocycles. The van der Waals surface area contributed by atoms with Gasteiger partial charge in [0.2, 0.25) is 0 Å². The van der Waals surface area contributed by atoms with E-state index in [1.807, 2.05) is 29.2 Å². The van der Waals surface area contributed by atoms with Gasteiger partial charge in [0.05, 0.1) is 7.11 Å². The lowest BCUT2D eigenvalue weighted by Crippen LogP contribution is -2.46. The lowest BCUT2D eigenvalue weighted by atomic mass is 10.1. The lowest BCUT2D eigenvalue weighted by molar-refractivity contribution is 0.0792. The fraction of sp³-hybridized carbons (Fsp3) is 0.435. The highest BCUT2D eigenvalue weighted by molar-refractivity contribution is 5.94. The van der Waals surface area contributed by atoms with E-state index in [1.165, 1.54) is 11.3 Å². The van der Waals surface area contributed by atoms with Crippen molar-refractivity contribution in [2.45, 2.75) is 19.4 Å². The van der Waals surface area contributed by atoms with Crippen LogP contribution in [0.5, 0.6) is 5.75 Å². The molecule has 5 nitrogen and oxygen atoms in total. The van der Waals surface area contributed by atoms with Crippen molar-refractivity contribution in [1.82, 2.24) is 9.80 Å². The van der Waals surface area contributed by atoms with E-state index in [1.54, 1.807) is 7.11 Å². The Hall–Kier alpha value is -2.53. The summed E-state index contributed by atoms with van der Waals surface area (Å²) >= 11 is 0. The van der Waals surface area contributed by atoms with Crippen molar-refractivity contribution in [2.24, 2.45) is 0 Å². The fourth-order valence-electron chi connectivity index (χ4n) is 4.14. The molecule has 28 heavy (non-hydrogen) atoms. The van der Waals surface area contributed by atoms with E-state index >= 15 is 0 Å². The Morgan fingerprint density at radius 1 is 0.929 bits per heavy atom. The van der Waals surface area contributed by atoms with Gasteiger partial charge in [0.25, 0.3) is 5.91 Å². The minimum atomic E-state index is 0.183. The van der Waals surface area contributed by atoms with Crippen molar-refractivity contribution < 1.29 is 9.53 Å². The third kappa shape index (κ3) is 4.30. The minimum Gasteiger partial charge on any atom is -0.497 e. The number of benzene rings is 2. The van der Waals surface area contributed by atoms with Gasteiger partial charge in [-0.05, 0) is 42.7 Å². The molecule has 1 amide bonds. The number of carbonyl (C=O) groups is 1. The maximum absolute atomic E-state index is 12.6. The Labute approximate surface area is 167 Å². The van der Waals surface area contributed by atoms with Gasteiger partial charge in [-0.25, -0.2) is 0 Å². The summed E-state index contributed by atoms with van der Waals surface area (Å²) in [7, 11) is 1.71. The van der Waals surface area contributed by atoms with Crippen molar-refractivity contribution in [3.05, 3.63) is 59.7 Å². The van der Waals surface area contributed by atoms with E-state index in [2.05, 4.69) is 34.1 Å². The van der Waals surface area contributed by atoms with Gasteiger partial charge in [-0.3, -0.25) is 9.69 Å². The normalized spacial score (nSPS) is 17.8. The van der Waals surface area contributed by atoms with Crippen LogP contribution in [-0.4, -0.2) is 62.1 Å². The maximum Gasteiger partial charge on any atom is 0.253 e. The number of nitrogens with zero attached hydrogens (tertiary/aromatic N) is 3. The third-order valence-electron chi connectivity index (χ3n) is 5.76. The molecule has 2 fully saturated rings. The number of amides is 1. The second kappa shape index (κ2) is 8.65. The topological polar surface area (TPSA) is 36.0 Å². The fourth-order valence-corrected chi connectivity index (χ4v) is 4.14. The molecule has 5 heteroatoms. The Balaban J connectivity index is 1.34. The number of hydrogen-bond donors (Lipinski definition) is 0. The molecule has 0 bridgehead atoms. The number of methoxy groups -OCH3 is 1. The van der Waals surface area contributed by atoms with Gasteiger partial charge in [-0.15, -0.1) is 0 Å². The SMILES string of the molecule is COc1cccc(N2CCN(Cc3cccc(C(=O)N4CCCC4)c3)CC2)c1. The maximum atomic E-state index is 12.6. The van der Waals surface area contributed by atoms with Crippen LogP contribution in [0.4, 0.5) is 5.69 Å². The molecule has 4 rings (SSSR count). The molecule has 0 atom stereocenters. The largest absolute Gasteiger partial charge is 0.497 e. The molecule has 0 aliphatic carbocycles. The number of carbonyl (C=O) groups excluding carboxylic acids is 1. The molecule has 2 heterocycles. The van der Waals surface area contributed by atoms with Crippen LogP contribution < -0.4 is 9.64 Å². The van der Waals surface area contributed by atoms with E-state index in [9.17, 15) is 4.79 Å². The van der Waals surface area contributed by atoms with E-state index in [-0.39, 0.29) is 5.91 Å². The lowest BCUT2D eigenvalue weighted by Gasteiger charge is -2.36. The van der Waals surface area contributed by atoms with Gasteiger partial charge in [-0.1, -0.05) is 18.2 Å². The number of hydrogen-bond acceptors (Lipinski definition) is 4. The molecule has 148 valence electrons. The summed E-state index contributed by atoms with van der Waals surface area (Å²) in [4.78, 5) is 19.5. The Morgan fingerprint density at radius 3 is 2.43 bits per heavy atom. The predicted molar refractivity (Wildman–Crippen MR) is 112 cm³/mol. The van der Waals surface area contributed by atoms with Crippen LogP contribution in [0.15, 0.2) is 48.5 Å². The van der Waals surface area contributed by atoms with Crippen molar-refractivity contribution in [3.63, 3.8) is 0 Å². The van der Waals surface area contributed by atoms with Crippen molar-refractivity contribution in [1.29, 1.82) is 0 Å². The average Bonchev–Trinajstić information content (AvgIpc) is 3.29. The summed E-state index contributed by atoms with van der Waals surface area (Å²) in [6.45, 7) is 6.72. The molecular formula is C23H29N3O2. The number of rotatable bonds is 5. The van der Waals surface area contributed by atoms with E-state index in [0.717, 1.165) is 70.0 Å². The quantitative estimate of drug-likeness (QED) is 0.799. The van der Waals surface area contributed by atoms with Crippen molar-refractivity contribution >= 4 is 11.6 Å². The highest BCUT2D eigenvalue weighted by atomic mass is 16.5. The first-order valence-electron chi connectivity index (χ1n) is 10.2. The molecule has 0 saturated carbocycles. The predicted octanol–water partition coefficient (Wildman–Crippen LogP) is 3.25. The van der Waals surface area contributed by atoms with Gasteiger partial charge in [0.15, 0.2) is 0 Å². The number of piperazine rings is 1. The molecule has 2 aliphatic rings. The van der Waals surface area contributed by atoms with Crippen LogP contribution in [0.2, 0.25) is 0 Å². The first-order chi connectivity index (χ1) is 13.7. The van der Waals surface area contributed by atoms with E-state index in [4.69, 9.17) is 4.74 Å². The van der Waals surface area contributed by atoms with Crippen LogP contribution in [0.3, 0.4) is 0 Å². The highest BCUT2D eigenvalue weighted by Crippen LogP contribution is 2.23. The second-order valence-corrected chi connectivity index (χ2v) is 7.66. The average molecular weight is 380 g/mol. The Bertz CT molecular complexity index is 809. The Morgan fingerprint density at radius 2 is 1.68 bits per heavy atom. The molecule has 0 N–H and O–H groups in total. The molecule has 0 aromatic heterocycles. The second-order valence-electron chi connectivity index (χ2n) is 7.66. The first kappa shape index (κ1) is 18.8. The van der Waals surface area contributed by atoms with Crippen LogP contribution in [-0.2, 0) is 6.54 Å². The monoisotopic (exact) mass is 379 g/mol. The molecule has 0 spiro atoms. The minimum absolute atomic E-state index is 0.183. The van der Waals surface area contributed by atoms with Gasteiger partial charge in [-0.2, -0.15) is 0 Å². The van der Waals surface area contributed by atoms with Gasteiger partial charge in [0, 0.05) is 63.1 Å². The standard InChI is InChI=1S/C23H29N3O2/c1-28-22-9-5-8-21(17-22)25-14-12-24(13-15-25)18-19-6-4-7-20(16-19)23(27)26-10-2-3-11-26/h4-9,16-17H,2-3,10-15,18H2,1H3. The van der Waals surface area contributed by atoms with Crippen LogP contribution in [0.1, 0.15) is 28.8 Å². The van der Waals surface area contributed by atoms with E-state index < -0.39 is 0 Å². The molecule has 0 radical (unpaired) electrons. The molecular weight excluding hydrogens is 350 g/mol. The number of anilines is 1. The summed E-state index contributed by atoms with van der Waals surface area (Å²) < 4.78 is 5.35. The summed E-state index contributed by atoms with van der Waals surface area (Å²) in [5, 5.41) is 0. The highest BCUT2D eigenvalue weighted by Gasteiger charge is 2.21. The zero-order valence-electron chi connectivity index (χ0n) is 16.6. The number of likely N-dealkylation sites (tertiary alicyclic amines) is 1. The number of ether oxygens (including phenoxy) is 1. The summed E-state index contributed by atoms with van der Waals surface area (Å²) in [6, 6.07) is 16.5. The molecule has 2 aromatic rings. The smallest absolute Gasteiger partial charge is 0.253 e. The van der Waals surface area contributed by atoms with Crippen LogP contribution >= 0.6 is 0 Å². The van der Waals surface area contributed by atoms with Crippen LogP contribution in [0, 0.1) is 0 Å². The van der Waals surface area contributed by atoms with Gasteiger partial charge < -0.3 is 14.5 Å². The molecule has 0 unspecified atom stereocenters. The summed E-state index contributed by atoms with van der Waals surface area (Å²) in [5.74, 6) is 1.08. The van der Waals surface area contributed by atoms with Crippen molar-refractivity contribution in [2.75, 3.05) is 51.3 Å². The molecule has 2 saturated heterocycles. The first-order valence-corrected chi connectivity index (χ1v) is 10.2. The Kier molecular flexibility index (Phi) is 5.81. The zero-order valence-corrected chi connectivity index (χ0v) is 16.6. The molecule has 2 aromatic carbocycles. The van der Waals surface area contributed by atoms with Gasteiger partial charge >= 0.3 is 0 Å². The van der Waals surface area contributed by atoms with Crippen molar-refractivity contribution in [3.8, 4) is 5.75 Å². The van der Waals surface area contributed by atoms with E-state index in [0.29, 0.717) is 0 Å². The van der Waals surface area contributed by atoms with Crippen LogP contribution in [0.25, 0.3) is 0 Å². The zero-order chi connectivity index (χ0) is 19.3. The summed E-state index contributed by atoms with van der Waals surface area (Å²) in [5.41, 5.74) is 3.27.